The maximum Gasteiger partial charge on any atom is 0.295 e. The van der Waals surface area contributed by atoms with Crippen molar-refractivity contribution in [1.29, 1.82) is 0 Å². The van der Waals surface area contributed by atoms with Crippen LogP contribution in [0.2, 0.25) is 0 Å². The Hall–Kier alpha value is -5.99. The molecule has 0 atom stereocenters. The number of aromatic nitrogens is 3. The molecule has 312 valence electrons. The van der Waals surface area contributed by atoms with Crippen LogP contribution in [0.3, 0.4) is 0 Å². The highest BCUT2D eigenvalue weighted by Gasteiger charge is 2.22. The van der Waals surface area contributed by atoms with E-state index in [-0.39, 0.29) is 76.8 Å². The third-order valence-electron chi connectivity index (χ3n) is 8.34. The molecule has 0 aliphatic rings. The zero-order valence-corrected chi connectivity index (χ0v) is 33.9. The molecule has 0 amide bonds. The van der Waals surface area contributed by atoms with E-state index in [0.29, 0.717) is 11.3 Å². The van der Waals surface area contributed by atoms with Gasteiger partial charge < -0.3 is 5.32 Å². The summed E-state index contributed by atoms with van der Waals surface area (Å²) in [6, 6.07) is 24.8. The van der Waals surface area contributed by atoms with Crippen molar-refractivity contribution in [2.24, 2.45) is 20.5 Å². The lowest BCUT2D eigenvalue weighted by Gasteiger charge is -2.11. The van der Waals surface area contributed by atoms with Crippen molar-refractivity contribution in [2.45, 2.75) is 33.9 Å². The highest BCUT2D eigenvalue weighted by molar-refractivity contribution is 7.86. The van der Waals surface area contributed by atoms with Crippen molar-refractivity contribution in [1.82, 2.24) is 15.0 Å². The molecule has 60 heavy (non-hydrogen) atoms. The Morgan fingerprint density at radius 2 is 1.07 bits per heavy atom. The first-order chi connectivity index (χ1) is 28.2. The van der Waals surface area contributed by atoms with E-state index >= 15 is 0 Å². The summed E-state index contributed by atoms with van der Waals surface area (Å²) < 4.78 is 134. The fourth-order valence-electron chi connectivity index (χ4n) is 5.72. The minimum absolute atomic E-state index is 0.00483. The molecule has 5 N–H and O–H groups in total. The molecule has 0 bridgehead atoms. The molecule has 0 saturated heterocycles. The normalized spacial score (nSPS) is 12.7. The van der Waals surface area contributed by atoms with Crippen LogP contribution in [0.5, 0.6) is 0 Å². The summed E-state index contributed by atoms with van der Waals surface area (Å²) in [6.07, 6.45) is -0.133. The zero-order chi connectivity index (χ0) is 43.3. The molecule has 24 heteroatoms. The van der Waals surface area contributed by atoms with Gasteiger partial charge in [-0.2, -0.15) is 64.1 Å². The second-order valence-corrected chi connectivity index (χ2v) is 18.6. The van der Waals surface area contributed by atoms with Crippen LogP contribution in [0.15, 0.2) is 138 Å². The van der Waals surface area contributed by atoms with E-state index in [0.717, 1.165) is 18.2 Å². The molecular formula is C36H32N8O12S4. The van der Waals surface area contributed by atoms with Crippen LogP contribution in [0, 0.1) is 0 Å². The van der Waals surface area contributed by atoms with Gasteiger partial charge in [0, 0.05) is 30.2 Å². The van der Waals surface area contributed by atoms with Crippen molar-refractivity contribution in [3.63, 3.8) is 0 Å². The van der Waals surface area contributed by atoms with E-state index in [9.17, 15) is 47.3 Å². The van der Waals surface area contributed by atoms with Crippen LogP contribution >= 0.6 is 0 Å². The van der Waals surface area contributed by atoms with Gasteiger partial charge in [0.1, 0.15) is 21.4 Å². The van der Waals surface area contributed by atoms with Crippen molar-refractivity contribution in [3.8, 4) is 0 Å². The topological polar surface area (TPSA) is 318 Å². The molecule has 0 aliphatic heterocycles. The first-order valence-electron chi connectivity index (χ1n) is 17.2. The predicted molar refractivity (Wildman–Crippen MR) is 216 cm³/mol. The largest absolute Gasteiger partial charge is 0.354 e. The van der Waals surface area contributed by atoms with Gasteiger partial charge >= 0.3 is 0 Å². The van der Waals surface area contributed by atoms with Crippen LogP contribution in [0.1, 0.15) is 29.2 Å². The van der Waals surface area contributed by atoms with E-state index < -0.39 is 60.9 Å². The molecular weight excluding hydrogens is 865 g/mol. The summed E-state index contributed by atoms with van der Waals surface area (Å²) in [4.78, 5) is 11.5. The van der Waals surface area contributed by atoms with Gasteiger partial charge in [-0.15, -0.1) is 0 Å². The van der Waals surface area contributed by atoms with Gasteiger partial charge in [-0.05, 0) is 72.1 Å². The number of nitrogens with one attached hydrogen (secondary N) is 1. The van der Waals surface area contributed by atoms with E-state index in [2.05, 4.69) is 40.7 Å². The first kappa shape index (κ1) is 43.6. The Balaban J connectivity index is 1.27. The Kier molecular flexibility index (Phi) is 12.9. The van der Waals surface area contributed by atoms with Gasteiger partial charge in [0.15, 0.2) is 0 Å². The Morgan fingerprint density at radius 3 is 1.70 bits per heavy atom. The highest BCUT2D eigenvalue weighted by atomic mass is 32.2. The first-order valence-corrected chi connectivity index (χ1v) is 23.2. The van der Waals surface area contributed by atoms with Gasteiger partial charge in [0.05, 0.1) is 33.4 Å². The summed E-state index contributed by atoms with van der Waals surface area (Å²) in [5, 5.41) is 18.7. The predicted octanol–water partition coefficient (Wildman–Crippen LogP) is 6.47. The van der Waals surface area contributed by atoms with Gasteiger partial charge in [-0.25, -0.2) is 4.98 Å². The molecule has 0 spiro atoms. The molecule has 5 aromatic carbocycles. The van der Waals surface area contributed by atoms with Crippen LogP contribution < -0.4 is 5.32 Å². The lowest BCUT2D eigenvalue weighted by atomic mass is 10.1. The third-order valence-corrected chi connectivity index (χ3v) is 11.9. The Labute approximate surface area is 343 Å². The second-order valence-electron chi connectivity index (χ2n) is 12.8. The molecule has 0 radical (unpaired) electrons. The number of fused-ring (bicyclic) bond motifs is 1. The molecule has 0 aliphatic carbocycles. The van der Waals surface area contributed by atoms with E-state index in [1.165, 1.54) is 30.3 Å². The highest BCUT2D eigenvalue weighted by Crippen LogP contribution is 2.34. The number of nitrogens with zero attached hydrogens (tertiary/aromatic N) is 7. The SMILES string of the molecule is O=S(=O)(O)CCCNc1nc(Cc2ccc(N=Nc3cc(S(=O)(=O)O)c4cccc(S(=O)(=O)O)c4c3)cc2)nc(Cc2ccc(N=Nc3ccccc3)cc2S(=O)(=O)O)n1. The molecule has 1 aromatic heterocycles. The van der Waals surface area contributed by atoms with Gasteiger partial charge in [-0.1, -0.05) is 48.5 Å². The number of hydrogen-bond donors (Lipinski definition) is 5. The van der Waals surface area contributed by atoms with Crippen LogP contribution in [0.4, 0.5) is 28.7 Å². The summed E-state index contributed by atoms with van der Waals surface area (Å²) >= 11 is 0. The fraction of sp³-hybridized carbons (Fsp3) is 0.139. The monoisotopic (exact) mass is 896 g/mol. The van der Waals surface area contributed by atoms with Crippen LogP contribution in [-0.2, 0) is 53.3 Å². The van der Waals surface area contributed by atoms with Crippen molar-refractivity contribution in [3.05, 3.63) is 126 Å². The Morgan fingerprint density at radius 1 is 0.500 bits per heavy atom. The van der Waals surface area contributed by atoms with Gasteiger partial charge in [0.2, 0.25) is 5.95 Å². The molecule has 20 nitrogen and oxygen atoms in total. The molecule has 0 saturated carbocycles. The summed E-state index contributed by atoms with van der Waals surface area (Å²) in [5.74, 6) is -0.261. The lowest BCUT2D eigenvalue weighted by Crippen LogP contribution is -2.15. The van der Waals surface area contributed by atoms with Crippen molar-refractivity contribution < 1.29 is 51.9 Å². The van der Waals surface area contributed by atoms with Crippen LogP contribution in [0.25, 0.3) is 10.8 Å². The van der Waals surface area contributed by atoms with Crippen LogP contribution in [-0.4, -0.2) is 79.1 Å². The number of anilines is 1. The van der Waals surface area contributed by atoms with Gasteiger partial charge in [0.25, 0.3) is 40.5 Å². The molecule has 6 rings (SSSR count). The lowest BCUT2D eigenvalue weighted by molar-refractivity contribution is 0.479. The number of hydrogen-bond acceptors (Lipinski definition) is 16. The average molecular weight is 897 g/mol. The summed E-state index contributed by atoms with van der Waals surface area (Å²) in [7, 11) is -18.7. The molecule has 6 aromatic rings. The molecule has 0 fully saturated rings. The average Bonchev–Trinajstić information content (AvgIpc) is 3.17. The number of azo groups is 2. The minimum atomic E-state index is -4.87. The van der Waals surface area contributed by atoms with Crippen molar-refractivity contribution in [2.75, 3.05) is 17.6 Å². The smallest absolute Gasteiger partial charge is 0.295 e. The number of rotatable bonds is 16. The fourth-order valence-corrected chi connectivity index (χ4v) is 8.39. The minimum Gasteiger partial charge on any atom is -0.354 e. The van der Waals surface area contributed by atoms with E-state index in [4.69, 9.17) is 4.55 Å². The quantitative estimate of drug-likeness (QED) is 0.0395. The second kappa shape index (κ2) is 17.7. The molecule has 1 heterocycles. The van der Waals surface area contributed by atoms with Gasteiger partial charge in [-0.3, -0.25) is 18.2 Å². The van der Waals surface area contributed by atoms with E-state index in [1.807, 2.05) is 0 Å². The molecule has 0 unspecified atom stereocenters. The van der Waals surface area contributed by atoms with E-state index in [1.54, 1.807) is 54.6 Å². The zero-order valence-electron chi connectivity index (χ0n) is 30.7. The summed E-state index contributed by atoms with van der Waals surface area (Å²) in [6.45, 7) is 0.0276. The summed E-state index contributed by atoms with van der Waals surface area (Å²) in [5.41, 5.74) is 1.50. The van der Waals surface area contributed by atoms with Crippen molar-refractivity contribution >= 4 is 79.9 Å². The standard InChI is InChI=1S/C36H32N8O12S4/c45-57(46,47)17-5-16-37-36-39-34(38-35(40-36)19-24-12-15-27(21-32(24)59(51,52)53)43-41-25-6-2-1-3-7-25)18-23-10-13-26(14-11-23)42-44-28-20-30-29(33(22-28)60(54,55)56)8-4-9-31(30)58(48,49)50/h1-4,6-15,20-22H,5,16-19H2,(H,45,46,47)(H,48,49,50)(H,51,52,53)(H,54,55,56)(H,37,38,39,40). The third kappa shape index (κ3) is 11.8. The Bertz CT molecular complexity index is 3100. The number of benzene rings is 5. The maximum absolute atomic E-state index is 12.5. The maximum atomic E-state index is 12.5.